The molecule has 0 bridgehead atoms. The minimum atomic E-state index is 0.000142. The molecule has 1 amide bonds. The molecule has 0 aliphatic rings. The molecule has 0 heterocycles. The zero-order valence-electron chi connectivity index (χ0n) is 11.3. The van der Waals surface area contributed by atoms with Gasteiger partial charge >= 0.3 is 0 Å². The summed E-state index contributed by atoms with van der Waals surface area (Å²) in [5.41, 5.74) is 1.62. The van der Waals surface area contributed by atoms with Crippen molar-refractivity contribution in [2.75, 3.05) is 23.9 Å². The molecule has 1 atom stereocenters. The van der Waals surface area contributed by atoms with E-state index in [1.54, 1.807) is 11.8 Å². The topological polar surface area (TPSA) is 41.1 Å². The van der Waals surface area contributed by atoms with E-state index in [4.69, 9.17) is 0 Å². The normalized spacial score (nSPS) is 11.9. The summed E-state index contributed by atoms with van der Waals surface area (Å²) in [6.45, 7) is 4.88. The number of carbonyl (C=O) groups excluding carboxylic acids is 1. The van der Waals surface area contributed by atoms with E-state index in [2.05, 4.69) is 16.9 Å². The van der Waals surface area contributed by atoms with Crippen molar-refractivity contribution in [3.8, 4) is 0 Å². The maximum atomic E-state index is 12.2. The number of amides is 1. The molecule has 0 aliphatic carbocycles. The summed E-state index contributed by atoms with van der Waals surface area (Å²) < 4.78 is 0. The first-order chi connectivity index (χ1) is 8.69. The monoisotopic (exact) mass is 266 g/mol. The first-order valence-corrected chi connectivity index (χ1v) is 7.71. The maximum Gasteiger partial charge on any atom is 0.253 e. The van der Waals surface area contributed by atoms with Crippen LogP contribution in [0.4, 0.5) is 5.69 Å². The first kappa shape index (κ1) is 14.9. The van der Waals surface area contributed by atoms with Crippen LogP contribution < -0.4 is 10.6 Å². The van der Waals surface area contributed by atoms with Crippen LogP contribution >= 0.6 is 11.8 Å². The SMILES string of the molecule is CCNc1ccccc1C(=O)NC(C)CCSC. The Kier molecular flexibility index (Phi) is 6.65. The summed E-state index contributed by atoms with van der Waals surface area (Å²) in [6.07, 6.45) is 3.07. The molecule has 0 aliphatic heterocycles. The summed E-state index contributed by atoms with van der Waals surface area (Å²) in [7, 11) is 0. The smallest absolute Gasteiger partial charge is 0.253 e. The summed E-state index contributed by atoms with van der Waals surface area (Å²) in [5.74, 6) is 1.07. The van der Waals surface area contributed by atoms with Gasteiger partial charge < -0.3 is 10.6 Å². The zero-order valence-corrected chi connectivity index (χ0v) is 12.1. The van der Waals surface area contributed by atoms with Crippen LogP contribution in [0.3, 0.4) is 0 Å². The lowest BCUT2D eigenvalue weighted by atomic mass is 10.1. The Balaban J connectivity index is 2.65. The highest BCUT2D eigenvalue weighted by atomic mass is 32.2. The molecule has 100 valence electrons. The molecule has 1 aromatic rings. The van der Waals surface area contributed by atoms with Crippen LogP contribution in [0.2, 0.25) is 0 Å². The number of rotatable bonds is 7. The van der Waals surface area contributed by atoms with E-state index in [-0.39, 0.29) is 11.9 Å². The van der Waals surface area contributed by atoms with Gasteiger partial charge in [-0.2, -0.15) is 11.8 Å². The van der Waals surface area contributed by atoms with Crippen molar-refractivity contribution in [2.45, 2.75) is 26.3 Å². The highest BCUT2D eigenvalue weighted by molar-refractivity contribution is 7.98. The van der Waals surface area contributed by atoms with Gasteiger partial charge in [0.1, 0.15) is 0 Å². The predicted octanol–water partition coefficient (Wildman–Crippen LogP) is 2.99. The van der Waals surface area contributed by atoms with Gasteiger partial charge in [-0.15, -0.1) is 0 Å². The molecule has 2 N–H and O–H groups in total. The minimum absolute atomic E-state index is 0.000142. The lowest BCUT2D eigenvalue weighted by Gasteiger charge is -2.15. The molecule has 0 radical (unpaired) electrons. The van der Waals surface area contributed by atoms with Gasteiger partial charge in [-0.1, -0.05) is 12.1 Å². The number of thioether (sulfide) groups is 1. The van der Waals surface area contributed by atoms with Crippen molar-refractivity contribution in [1.82, 2.24) is 5.32 Å². The molecular formula is C14H22N2OS. The molecule has 0 saturated carbocycles. The Hall–Kier alpha value is -1.16. The second kappa shape index (κ2) is 8.03. The van der Waals surface area contributed by atoms with Gasteiger partial charge in [0.15, 0.2) is 0 Å². The Morgan fingerprint density at radius 3 is 2.78 bits per heavy atom. The number of hydrogen-bond acceptors (Lipinski definition) is 3. The zero-order chi connectivity index (χ0) is 13.4. The molecule has 0 fully saturated rings. The number of hydrogen-bond donors (Lipinski definition) is 2. The Morgan fingerprint density at radius 1 is 1.39 bits per heavy atom. The van der Waals surface area contributed by atoms with Gasteiger partial charge in [0.25, 0.3) is 5.91 Å². The summed E-state index contributed by atoms with van der Waals surface area (Å²) in [6, 6.07) is 7.83. The van der Waals surface area contributed by atoms with Gasteiger partial charge in [-0.25, -0.2) is 0 Å². The first-order valence-electron chi connectivity index (χ1n) is 6.31. The lowest BCUT2D eigenvalue weighted by Crippen LogP contribution is -2.33. The molecule has 1 rings (SSSR count). The molecule has 0 spiro atoms. The molecule has 0 aromatic heterocycles. The van der Waals surface area contributed by atoms with E-state index in [0.717, 1.165) is 30.0 Å². The lowest BCUT2D eigenvalue weighted by molar-refractivity contribution is 0.0940. The van der Waals surface area contributed by atoms with Crippen molar-refractivity contribution >= 4 is 23.4 Å². The van der Waals surface area contributed by atoms with Crippen molar-refractivity contribution in [3.05, 3.63) is 29.8 Å². The summed E-state index contributed by atoms with van der Waals surface area (Å²) in [5, 5.41) is 6.25. The van der Waals surface area contributed by atoms with Crippen LogP contribution in [0.15, 0.2) is 24.3 Å². The number of anilines is 1. The second-order valence-electron chi connectivity index (χ2n) is 4.23. The van der Waals surface area contributed by atoms with Gasteiger partial charge in [0, 0.05) is 18.3 Å². The number of para-hydroxylation sites is 1. The van der Waals surface area contributed by atoms with Crippen LogP contribution in [0.5, 0.6) is 0 Å². The standard InChI is InChI=1S/C14H22N2OS/c1-4-15-13-8-6-5-7-12(13)14(17)16-11(2)9-10-18-3/h5-8,11,15H,4,9-10H2,1-3H3,(H,16,17). The molecule has 1 unspecified atom stereocenters. The van der Waals surface area contributed by atoms with E-state index < -0.39 is 0 Å². The van der Waals surface area contributed by atoms with Crippen molar-refractivity contribution < 1.29 is 4.79 Å². The Morgan fingerprint density at radius 2 is 2.11 bits per heavy atom. The van der Waals surface area contributed by atoms with E-state index in [1.165, 1.54) is 0 Å². The molecule has 4 heteroatoms. The summed E-state index contributed by atoms with van der Waals surface area (Å²) in [4.78, 5) is 12.2. The number of benzene rings is 1. The average molecular weight is 266 g/mol. The van der Waals surface area contributed by atoms with E-state index in [0.29, 0.717) is 0 Å². The van der Waals surface area contributed by atoms with Crippen molar-refractivity contribution in [2.24, 2.45) is 0 Å². The fourth-order valence-electron chi connectivity index (χ4n) is 1.69. The van der Waals surface area contributed by atoms with E-state index in [1.807, 2.05) is 38.1 Å². The minimum Gasteiger partial charge on any atom is -0.385 e. The fraction of sp³-hybridized carbons (Fsp3) is 0.500. The summed E-state index contributed by atoms with van der Waals surface area (Å²) >= 11 is 1.80. The highest BCUT2D eigenvalue weighted by Gasteiger charge is 2.12. The largest absolute Gasteiger partial charge is 0.385 e. The third-order valence-corrected chi connectivity index (χ3v) is 3.32. The van der Waals surface area contributed by atoms with Gasteiger partial charge in [-0.3, -0.25) is 4.79 Å². The quantitative estimate of drug-likeness (QED) is 0.797. The van der Waals surface area contributed by atoms with Crippen LogP contribution in [-0.2, 0) is 0 Å². The van der Waals surface area contributed by atoms with Gasteiger partial charge in [-0.05, 0) is 44.4 Å². The Bertz CT molecular complexity index is 382. The van der Waals surface area contributed by atoms with Crippen molar-refractivity contribution in [1.29, 1.82) is 0 Å². The average Bonchev–Trinajstić information content (AvgIpc) is 2.37. The third-order valence-electron chi connectivity index (χ3n) is 2.67. The van der Waals surface area contributed by atoms with Crippen molar-refractivity contribution in [3.63, 3.8) is 0 Å². The van der Waals surface area contributed by atoms with Gasteiger partial charge in [0.2, 0.25) is 0 Å². The fourth-order valence-corrected chi connectivity index (χ4v) is 2.28. The van der Waals surface area contributed by atoms with Crippen LogP contribution in [-0.4, -0.2) is 30.5 Å². The molecule has 1 aromatic carbocycles. The maximum absolute atomic E-state index is 12.2. The van der Waals surface area contributed by atoms with E-state index in [9.17, 15) is 4.79 Å². The van der Waals surface area contributed by atoms with Crippen LogP contribution in [0.25, 0.3) is 0 Å². The third kappa shape index (κ3) is 4.61. The highest BCUT2D eigenvalue weighted by Crippen LogP contribution is 2.15. The predicted molar refractivity (Wildman–Crippen MR) is 80.5 cm³/mol. The molecular weight excluding hydrogens is 244 g/mol. The van der Waals surface area contributed by atoms with Crippen LogP contribution in [0, 0.1) is 0 Å². The second-order valence-corrected chi connectivity index (χ2v) is 5.22. The Labute approximate surface area is 114 Å². The van der Waals surface area contributed by atoms with E-state index >= 15 is 0 Å². The number of carbonyl (C=O) groups is 1. The molecule has 18 heavy (non-hydrogen) atoms. The molecule has 0 saturated heterocycles. The molecule has 3 nitrogen and oxygen atoms in total. The number of nitrogens with one attached hydrogen (secondary N) is 2. The van der Waals surface area contributed by atoms with Crippen LogP contribution in [0.1, 0.15) is 30.6 Å². The van der Waals surface area contributed by atoms with Gasteiger partial charge in [0.05, 0.1) is 5.56 Å².